The highest BCUT2D eigenvalue weighted by molar-refractivity contribution is 9.10. The number of benzene rings is 1. The standard InChI is InChI=1S/C15H13BrN2O/c1-9-12-7-11(16)4-5-13(12)19-15(9)14(17)10-3-2-6-18-8-10/h2-8,14H,17H2,1H3. The van der Waals surface area contributed by atoms with Crippen LogP contribution in [0.4, 0.5) is 0 Å². The summed E-state index contributed by atoms with van der Waals surface area (Å²) in [4.78, 5) is 4.10. The maximum atomic E-state index is 6.27. The Morgan fingerprint density at radius 2 is 2.16 bits per heavy atom. The number of halogens is 1. The van der Waals surface area contributed by atoms with Crippen LogP contribution < -0.4 is 5.73 Å². The van der Waals surface area contributed by atoms with Crippen molar-refractivity contribution in [3.63, 3.8) is 0 Å². The average molecular weight is 317 g/mol. The van der Waals surface area contributed by atoms with Crippen molar-refractivity contribution in [2.75, 3.05) is 0 Å². The zero-order chi connectivity index (χ0) is 13.4. The van der Waals surface area contributed by atoms with E-state index < -0.39 is 0 Å². The molecule has 1 unspecified atom stereocenters. The van der Waals surface area contributed by atoms with Gasteiger partial charge in [0.25, 0.3) is 0 Å². The number of aryl methyl sites for hydroxylation is 1. The van der Waals surface area contributed by atoms with Gasteiger partial charge in [0.05, 0.1) is 6.04 Å². The lowest BCUT2D eigenvalue weighted by Gasteiger charge is -2.09. The molecular formula is C15H13BrN2O. The van der Waals surface area contributed by atoms with Crippen LogP contribution in [-0.2, 0) is 0 Å². The summed E-state index contributed by atoms with van der Waals surface area (Å²) in [6, 6.07) is 9.51. The number of nitrogens with two attached hydrogens (primary N) is 1. The van der Waals surface area contributed by atoms with Crippen LogP contribution in [0.15, 0.2) is 51.6 Å². The number of rotatable bonds is 2. The van der Waals surface area contributed by atoms with E-state index in [0.717, 1.165) is 32.3 Å². The Labute approximate surface area is 119 Å². The van der Waals surface area contributed by atoms with Crippen LogP contribution in [0.1, 0.15) is 22.9 Å². The highest BCUT2D eigenvalue weighted by Crippen LogP contribution is 2.32. The van der Waals surface area contributed by atoms with Crippen LogP contribution >= 0.6 is 15.9 Å². The minimum Gasteiger partial charge on any atom is -0.459 e. The summed E-state index contributed by atoms with van der Waals surface area (Å²) in [6.45, 7) is 2.03. The molecule has 3 nitrogen and oxygen atoms in total. The molecule has 0 saturated carbocycles. The number of hydrogen-bond acceptors (Lipinski definition) is 3. The Morgan fingerprint density at radius 1 is 1.32 bits per heavy atom. The SMILES string of the molecule is Cc1c(C(N)c2cccnc2)oc2ccc(Br)cc12. The van der Waals surface area contributed by atoms with Crippen LogP contribution in [0.25, 0.3) is 11.0 Å². The molecule has 1 aromatic carbocycles. The molecule has 0 radical (unpaired) electrons. The normalized spacial score (nSPS) is 12.8. The van der Waals surface area contributed by atoms with Crippen molar-refractivity contribution >= 4 is 26.9 Å². The first-order chi connectivity index (χ1) is 9.16. The molecule has 1 atom stereocenters. The molecule has 0 amide bonds. The summed E-state index contributed by atoms with van der Waals surface area (Å²) < 4.78 is 6.93. The second-order valence-electron chi connectivity index (χ2n) is 4.50. The minimum atomic E-state index is -0.292. The van der Waals surface area contributed by atoms with E-state index in [1.54, 1.807) is 12.4 Å². The Balaban J connectivity index is 2.13. The molecule has 0 bridgehead atoms. The number of hydrogen-bond donors (Lipinski definition) is 1. The third-order valence-electron chi connectivity index (χ3n) is 3.26. The molecule has 0 aliphatic heterocycles. The zero-order valence-corrected chi connectivity index (χ0v) is 12.0. The van der Waals surface area contributed by atoms with Crippen LogP contribution in [0, 0.1) is 6.92 Å². The third-order valence-corrected chi connectivity index (χ3v) is 3.75. The number of pyridine rings is 1. The fourth-order valence-corrected chi connectivity index (χ4v) is 2.58. The summed E-state index contributed by atoms with van der Waals surface area (Å²) in [5, 5.41) is 1.09. The Morgan fingerprint density at radius 3 is 2.89 bits per heavy atom. The van der Waals surface area contributed by atoms with Gasteiger partial charge in [0.2, 0.25) is 0 Å². The molecule has 2 aromatic heterocycles. The predicted molar refractivity (Wildman–Crippen MR) is 78.9 cm³/mol. The maximum Gasteiger partial charge on any atom is 0.134 e. The molecule has 0 aliphatic rings. The van der Waals surface area contributed by atoms with Crippen molar-refractivity contribution in [3.05, 3.63) is 64.1 Å². The van der Waals surface area contributed by atoms with Crippen LogP contribution in [-0.4, -0.2) is 4.98 Å². The molecule has 2 heterocycles. The second kappa shape index (κ2) is 4.79. The summed E-state index contributed by atoms with van der Waals surface area (Å²) >= 11 is 3.47. The van der Waals surface area contributed by atoms with Crippen LogP contribution in [0.2, 0.25) is 0 Å². The van der Waals surface area contributed by atoms with Crippen molar-refractivity contribution in [2.45, 2.75) is 13.0 Å². The molecule has 3 aromatic rings. The molecule has 0 aliphatic carbocycles. The highest BCUT2D eigenvalue weighted by atomic mass is 79.9. The molecule has 19 heavy (non-hydrogen) atoms. The maximum absolute atomic E-state index is 6.27. The predicted octanol–water partition coefficient (Wildman–Crippen LogP) is 3.95. The topological polar surface area (TPSA) is 52.0 Å². The molecule has 0 spiro atoms. The summed E-state index contributed by atoms with van der Waals surface area (Å²) in [7, 11) is 0. The lowest BCUT2D eigenvalue weighted by molar-refractivity contribution is 0.520. The van der Waals surface area contributed by atoms with Crippen molar-refractivity contribution in [2.24, 2.45) is 5.73 Å². The van der Waals surface area contributed by atoms with Gasteiger partial charge in [0, 0.05) is 27.8 Å². The second-order valence-corrected chi connectivity index (χ2v) is 5.41. The Bertz CT molecular complexity index is 722. The third kappa shape index (κ3) is 2.17. The van der Waals surface area contributed by atoms with Gasteiger partial charge in [-0.05, 0) is 36.8 Å². The Kier molecular flexibility index (Phi) is 3.12. The van der Waals surface area contributed by atoms with Gasteiger partial charge in [-0.3, -0.25) is 4.98 Å². The van der Waals surface area contributed by atoms with E-state index >= 15 is 0 Å². The molecule has 0 saturated heterocycles. The van der Waals surface area contributed by atoms with E-state index in [4.69, 9.17) is 10.2 Å². The smallest absolute Gasteiger partial charge is 0.134 e. The highest BCUT2D eigenvalue weighted by Gasteiger charge is 2.18. The number of nitrogens with zero attached hydrogens (tertiary/aromatic N) is 1. The van der Waals surface area contributed by atoms with E-state index in [0.29, 0.717) is 0 Å². The van der Waals surface area contributed by atoms with E-state index in [2.05, 4.69) is 20.9 Å². The summed E-state index contributed by atoms with van der Waals surface area (Å²) in [6.07, 6.45) is 3.51. The molecule has 2 N–H and O–H groups in total. The Hall–Kier alpha value is -1.65. The van der Waals surface area contributed by atoms with Gasteiger partial charge in [-0.2, -0.15) is 0 Å². The largest absolute Gasteiger partial charge is 0.459 e. The van der Waals surface area contributed by atoms with Crippen molar-refractivity contribution < 1.29 is 4.42 Å². The quantitative estimate of drug-likeness (QED) is 0.779. The average Bonchev–Trinajstić information content (AvgIpc) is 2.76. The van der Waals surface area contributed by atoms with Crippen molar-refractivity contribution in [1.29, 1.82) is 0 Å². The number of furan rings is 1. The van der Waals surface area contributed by atoms with Crippen LogP contribution in [0.5, 0.6) is 0 Å². The van der Waals surface area contributed by atoms with E-state index in [1.807, 2.05) is 37.3 Å². The van der Waals surface area contributed by atoms with E-state index in [1.165, 1.54) is 0 Å². The molecule has 4 heteroatoms. The summed E-state index contributed by atoms with van der Waals surface area (Å²) in [5.74, 6) is 0.793. The molecule has 3 rings (SSSR count). The fraction of sp³-hybridized carbons (Fsp3) is 0.133. The number of fused-ring (bicyclic) bond motifs is 1. The fourth-order valence-electron chi connectivity index (χ4n) is 2.22. The van der Waals surface area contributed by atoms with Crippen LogP contribution in [0.3, 0.4) is 0 Å². The van der Waals surface area contributed by atoms with E-state index in [-0.39, 0.29) is 6.04 Å². The summed E-state index contributed by atoms with van der Waals surface area (Å²) in [5.41, 5.74) is 9.15. The lowest BCUT2D eigenvalue weighted by Crippen LogP contribution is -2.12. The van der Waals surface area contributed by atoms with Gasteiger partial charge in [-0.1, -0.05) is 22.0 Å². The van der Waals surface area contributed by atoms with Crippen molar-refractivity contribution in [1.82, 2.24) is 4.98 Å². The molecule has 0 fully saturated rings. The van der Waals surface area contributed by atoms with Gasteiger partial charge in [0.1, 0.15) is 11.3 Å². The van der Waals surface area contributed by atoms with Gasteiger partial charge in [0.15, 0.2) is 0 Å². The van der Waals surface area contributed by atoms with Gasteiger partial charge >= 0.3 is 0 Å². The van der Waals surface area contributed by atoms with Gasteiger partial charge < -0.3 is 10.2 Å². The number of aromatic nitrogens is 1. The van der Waals surface area contributed by atoms with E-state index in [9.17, 15) is 0 Å². The van der Waals surface area contributed by atoms with Crippen molar-refractivity contribution in [3.8, 4) is 0 Å². The van der Waals surface area contributed by atoms with Gasteiger partial charge in [-0.25, -0.2) is 0 Å². The van der Waals surface area contributed by atoms with Gasteiger partial charge in [-0.15, -0.1) is 0 Å². The monoisotopic (exact) mass is 316 g/mol. The zero-order valence-electron chi connectivity index (χ0n) is 10.4. The molecule has 96 valence electrons. The molecular weight excluding hydrogens is 304 g/mol. The minimum absolute atomic E-state index is 0.292. The first kappa shape index (κ1) is 12.4. The first-order valence-electron chi connectivity index (χ1n) is 6.01. The first-order valence-corrected chi connectivity index (χ1v) is 6.80. The lowest BCUT2D eigenvalue weighted by atomic mass is 10.0.